The van der Waals surface area contributed by atoms with Crippen LogP contribution in [0, 0.1) is 6.92 Å². The third-order valence-corrected chi connectivity index (χ3v) is 3.72. The lowest BCUT2D eigenvalue weighted by molar-refractivity contribution is 0.0438. The van der Waals surface area contributed by atoms with Gasteiger partial charge in [0.2, 0.25) is 0 Å². The zero-order valence-electron chi connectivity index (χ0n) is 10.5. The van der Waals surface area contributed by atoms with Crippen LogP contribution < -0.4 is 4.89 Å². The third kappa shape index (κ3) is 4.00. The Morgan fingerprint density at radius 2 is 2.05 bits per heavy atom. The van der Waals surface area contributed by atoms with Gasteiger partial charge in [0.15, 0.2) is 0 Å². The smallest absolute Gasteiger partial charge is 0.335 e. The van der Waals surface area contributed by atoms with Crippen molar-refractivity contribution in [2.45, 2.75) is 11.8 Å². The molecule has 0 amide bonds. The number of carboxylic acid groups (broad SMARTS) is 1. The van der Waals surface area contributed by atoms with E-state index in [4.69, 9.17) is 14.7 Å². The number of ether oxygens (including phenoxy) is 1. The van der Waals surface area contributed by atoms with E-state index in [1.54, 1.807) is 0 Å². The van der Waals surface area contributed by atoms with E-state index in [1.807, 2.05) is 4.89 Å². The second kappa shape index (κ2) is 6.62. The Balaban J connectivity index is 2.96. The zero-order valence-corrected chi connectivity index (χ0v) is 11.4. The van der Waals surface area contributed by atoms with E-state index in [0.29, 0.717) is 0 Å². The maximum Gasteiger partial charge on any atom is 0.335 e. The lowest BCUT2D eigenvalue weighted by Gasteiger charge is -2.10. The summed E-state index contributed by atoms with van der Waals surface area (Å²) in [5.41, 5.74) is 0.0811. The maximum atomic E-state index is 11.9. The fraction of sp³-hybridized carbons (Fsp3) is 0.364. The normalized spacial score (nSPS) is 11.5. The average molecular weight is 289 g/mol. The van der Waals surface area contributed by atoms with E-state index in [2.05, 4.69) is 0 Å². The molecule has 106 valence electrons. The van der Waals surface area contributed by atoms with Crippen LogP contribution in [0.25, 0.3) is 0 Å². The number of carbonyl (C=O) groups is 1. The summed E-state index contributed by atoms with van der Waals surface area (Å²) in [5, 5.41) is 8.94. The van der Waals surface area contributed by atoms with Crippen LogP contribution in [-0.2, 0) is 19.6 Å². The van der Waals surface area contributed by atoms with E-state index in [9.17, 15) is 13.2 Å². The van der Waals surface area contributed by atoms with Crippen molar-refractivity contribution in [2.24, 2.45) is 0 Å². The second-order valence-corrected chi connectivity index (χ2v) is 5.28. The molecule has 0 heterocycles. The summed E-state index contributed by atoms with van der Waals surface area (Å²) < 4.78 is 28.5. The van der Waals surface area contributed by atoms with Gasteiger partial charge in [-0.15, -0.1) is 0 Å². The van der Waals surface area contributed by atoms with Crippen molar-refractivity contribution >= 4 is 16.0 Å². The van der Waals surface area contributed by atoms with Crippen molar-refractivity contribution in [1.82, 2.24) is 4.89 Å². The SMILES string of the molecule is COCCONS(=O)(=O)c1cccc(C(=O)O)c1C. The van der Waals surface area contributed by atoms with Gasteiger partial charge in [0, 0.05) is 7.11 Å². The fourth-order valence-electron chi connectivity index (χ4n) is 1.43. The molecule has 0 radical (unpaired) electrons. The highest BCUT2D eigenvalue weighted by atomic mass is 32.2. The van der Waals surface area contributed by atoms with Crippen LogP contribution in [0.3, 0.4) is 0 Å². The Kier molecular flexibility index (Phi) is 5.43. The fourth-order valence-corrected chi connectivity index (χ4v) is 2.53. The number of methoxy groups -OCH3 is 1. The van der Waals surface area contributed by atoms with Crippen LogP contribution in [0.15, 0.2) is 23.1 Å². The maximum absolute atomic E-state index is 11.9. The molecule has 7 nitrogen and oxygen atoms in total. The van der Waals surface area contributed by atoms with Gasteiger partial charge >= 0.3 is 5.97 Å². The number of sulfonamides is 1. The van der Waals surface area contributed by atoms with Gasteiger partial charge < -0.3 is 9.84 Å². The molecule has 1 aromatic rings. The molecule has 0 unspecified atom stereocenters. The molecule has 0 saturated carbocycles. The van der Waals surface area contributed by atoms with Gasteiger partial charge in [-0.3, -0.25) is 4.84 Å². The highest BCUT2D eigenvalue weighted by Gasteiger charge is 2.20. The molecule has 0 aliphatic rings. The zero-order chi connectivity index (χ0) is 14.5. The first-order chi connectivity index (χ1) is 8.90. The van der Waals surface area contributed by atoms with E-state index in [-0.39, 0.29) is 29.2 Å². The lowest BCUT2D eigenvalue weighted by Crippen LogP contribution is -2.26. The first-order valence-electron chi connectivity index (χ1n) is 5.35. The first-order valence-corrected chi connectivity index (χ1v) is 6.84. The minimum Gasteiger partial charge on any atom is -0.478 e. The van der Waals surface area contributed by atoms with Crippen molar-refractivity contribution in [3.63, 3.8) is 0 Å². The number of aromatic carboxylic acids is 1. The standard InChI is InChI=1S/C11H15NO6S/c1-8-9(11(13)14)4-3-5-10(8)19(15,16)12-18-7-6-17-2/h3-5,12H,6-7H2,1-2H3,(H,13,14). The van der Waals surface area contributed by atoms with Crippen LogP contribution >= 0.6 is 0 Å². The van der Waals surface area contributed by atoms with Gasteiger partial charge in [-0.25, -0.2) is 13.2 Å². The summed E-state index contributed by atoms with van der Waals surface area (Å²) in [6, 6.07) is 4.01. The van der Waals surface area contributed by atoms with Crippen molar-refractivity contribution < 1.29 is 27.9 Å². The molecule has 1 rings (SSSR count). The number of nitrogens with one attached hydrogen (secondary N) is 1. The summed E-state index contributed by atoms with van der Waals surface area (Å²) in [7, 11) is -2.46. The largest absolute Gasteiger partial charge is 0.478 e. The average Bonchev–Trinajstić information content (AvgIpc) is 2.34. The topological polar surface area (TPSA) is 102 Å². The van der Waals surface area contributed by atoms with Crippen LogP contribution in [0.1, 0.15) is 15.9 Å². The van der Waals surface area contributed by atoms with E-state index < -0.39 is 16.0 Å². The first kappa shape index (κ1) is 15.6. The summed E-state index contributed by atoms with van der Waals surface area (Å²) in [6.07, 6.45) is 0. The molecule has 0 saturated heterocycles. The van der Waals surface area contributed by atoms with E-state index in [1.165, 1.54) is 32.2 Å². The summed E-state index contributed by atoms with van der Waals surface area (Å²) in [5.74, 6) is -1.19. The van der Waals surface area contributed by atoms with Crippen molar-refractivity contribution in [2.75, 3.05) is 20.3 Å². The minimum atomic E-state index is -3.92. The Morgan fingerprint density at radius 3 is 2.63 bits per heavy atom. The van der Waals surface area contributed by atoms with Crippen molar-refractivity contribution in [3.05, 3.63) is 29.3 Å². The molecule has 2 N–H and O–H groups in total. The van der Waals surface area contributed by atoms with Gasteiger partial charge in [0.1, 0.15) is 0 Å². The molecule has 0 spiro atoms. The molecule has 0 aliphatic carbocycles. The Hall–Kier alpha value is -1.48. The predicted octanol–water partition coefficient (Wildman–Crippen LogP) is 0.550. The quantitative estimate of drug-likeness (QED) is 0.561. The Bertz CT molecular complexity index is 554. The number of rotatable bonds is 7. The molecule has 0 aromatic heterocycles. The number of hydrogen-bond donors (Lipinski definition) is 2. The predicted molar refractivity (Wildman–Crippen MR) is 66.3 cm³/mol. The Labute approximate surface area is 111 Å². The van der Waals surface area contributed by atoms with Crippen LogP contribution in [0.4, 0.5) is 0 Å². The van der Waals surface area contributed by atoms with E-state index >= 15 is 0 Å². The van der Waals surface area contributed by atoms with Crippen LogP contribution in [0.2, 0.25) is 0 Å². The minimum absolute atomic E-state index is 0.0490. The molecule has 8 heteroatoms. The van der Waals surface area contributed by atoms with Crippen molar-refractivity contribution in [1.29, 1.82) is 0 Å². The highest BCUT2D eigenvalue weighted by Crippen LogP contribution is 2.18. The van der Waals surface area contributed by atoms with Gasteiger partial charge in [-0.1, -0.05) is 11.0 Å². The molecule has 0 bridgehead atoms. The van der Waals surface area contributed by atoms with Crippen LogP contribution in [0.5, 0.6) is 0 Å². The number of benzene rings is 1. The van der Waals surface area contributed by atoms with Gasteiger partial charge in [-0.05, 0) is 24.6 Å². The van der Waals surface area contributed by atoms with Crippen molar-refractivity contribution in [3.8, 4) is 0 Å². The van der Waals surface area contributed by atoms with Gasteiger partial charge in [-0.2, -0.15) is 0 Å². The molecule has 19 heavy (non-hydrogen) atoms. The number of carboxylic acids is 1. The molecule has 0 atom stereocenters. The highest BCUT2D eigenvalue weighted by molar-refractivity contribution is 7.89. The lowest BCUT2D eigenvalue weighted by atomic mass is 10.1. The Morgan fingerprint density at radius 1 is 1.37 bits per heavy atom. The summed E-state index contributed by atoms with van der Waals surface area (Å²) >= 11 is 0. The van der Waals surface area contributed by atoms with E-state index in [0.717, 1.165) is 0 Å². The second-order valence-electron chi connectivity index (χ2n) is 3.66. The molecular weight excluding hydrogens is 274 g/mol. The molecule has 1 aromatic carbocycles. The number of hydrogen-bond acceptors (Lipinski definition) is 5. The monoisotopic (exact) mass is 289 g/mol. The molecule has 0 aliphatic heterocycles. The summed E-state index contributed by atoms with van der Waals surface area (Å²) in [6.45, 7) is 1.71. The third-order valence-electron chi connectivity index (χ3n) is 2.36. The summed E-state index contributed by atoms with van der Waals surface area (Å²) in [4.78, 5) is 17.5. The van der Waals surface area contributed by atoms with Gasteiger partial charge in [0.05, 0.1) is 23.7 Å². The molecule has 0 fully saturated rings. The van der Waals surface area contributed by atoms with Gasteiger partial charge in [0.25, 0.3) is 10.0 Å². The van der Waals surface area contributed by atoms with Crippen LogP contribution in [-0.4, -0.2) is 39.8 Å². The molecular formula is C11H15NO6S.